The van der Waals surface area contributed by atoms with Gasteiger partial charge in [-0.1, -0.05) is 36.4 Å². The standard InChI is InChI=1S/C30H28N2O4/c1-19-23(12-13-28(33)32(3)16-14-22-11-7-8-15-31-22)30(34)36-26-18-27-25(17-24(19)26)29(20(2)35-27)21-9-5-4-6-10-21/h4-11,15,17-18H,12-14,16H2,1-3H3. The largest absolute Gasteiger partial charge is 0.461 e. The smallest absolute Gasteiger partial charge is 0.339 e. The summed E-state index contributed by atoms with van der Waals surface area (Å²) in [5.74, 6) is 0.795. The Bertz CT molecular complexity index is 1600. The van der Waals surface area contributed by atoms with Gasteiger partial charge in [-0.3, -0.25) is 9.78 Å². The summed E-state index contributed by atoms with van der Waals surface area (Å²) in [6.45, 7) is 4.43. The number of pyridine rings is 1. The van der Waals surface area contributed by atoms with Gasteiger partial charge in [0.1, 0.15) is 16.9 Å². The number of benzene rings is 2. The van der Waals surface area contributed by atoms with E-state index in [1.54, 1.807) is 24.2 Å². The molecule has 6 heteroatoms. The van der Waals surface area contributed by atoms with Crippen LogP contribution in [0.2, 0.25) is 0 Å². The topological polar surface area (TPSA) is 76.6 Å². The van der Waals surface area contributed by atoms with Gasteiger partial charge in [-0.05, 0) is 49.6 Å². The lowest BCUT2D eigenvalue weighted by molar-refractivity contribution is -0.129. The Balaban J connectivity index is 1.41. The second kappa shape index (κ2) is 9.82. The van der Waals surface area contributed by atoms with E-state index in [9.17, 15) is 9.59 Å². The van der Waals surface area contributed by atoms with Gasteiger partial charge in [0, 0.05) is 66.3 Å². The zero-order valence-electron chi connectivity index (χ0n) is 20.7. The highest BCUT2D eigenvalue weighted by Gasteiger charge is 2.19. The van der Waals surface area contributed by atoms with Crippen LogP contribution >= 0.6 is 0 Å². The minimum absolute atomic E-state index is 0.0166. The van der Waals surface area contributed by atoms with E-state index in [-0.39, 0.29) is 12.3 Å². The molecule has 0 saturated heterocycles. The van der Waals surface area contributed by atoms with Gasteiger partial charge in [-0.2, -0.15) is 0 Å². The van der Waals surface area contributed by atoms with E-state index in [2.05, 4.69) is 17.1 Å². The van der Waals surface area contributed by atoms with Gasteiger partial charge in [0.2, 0.25) is 5.91 Å². The second-order valence-electron chi connectivity index (χ2n) is 9.12. The molecule has 6 nitrogen and oxygen atoms in total. The molecule has 0 spiro atoms. The maximum Gasteiger partial charge on any atom is 0.339 e. The van der Waals surface area contributed by atoms with E-state index in [1.807, 2.05) is 56.3 Å². The van der Waals surface area contributed by atoms with Crippen LogP contribution in [0, 0.1) is 13.8 Å². The zero-order valence-corrected chi connectivity index (χ0v) is 20.7. The van der Waals surface area contributed by atoms with Crippen molar-refractivity contribution in [2.24, 2.45) is 0 Å². The van der Waals surface area contributed by atoms with Crippen molar-refractivity contribution < 1.29 is 13.6 Å². The minimum atomic E-state index is -0.408. The summed E-state index contributed by atoms with van der Waals surface area (Å²) in [4.78, 5) is 31.6. The van der Waals surface area contributed by atoms with Gasteiger partial charge in [0.05, 0.1) is 0 Å². The molecule has 5 rings (SSSR count). The van der Waals surface area contributed by atoms with Gasteiger partial charge in [-0.15, -0.1) is 0 Å². The summed E-state index contributed by atoms with van der Waals surface area (Å²) in [5.41, 5.74) is 5.18. The van der Waals surface area contributed by atoms with Gasteiger partial charge in [0.15, 0.2) is 0 Å². The fourth-order valence-electron chi connectivity index (χ4n) is 4.73. The highest BCUT2D eigenvalue weighted by atomic mass is 16.4. The van der Waals surface area contributed by atoms with Crippen molar-refractivity contribution in [3.63, 3.8) is 0 Å². The lowest BCUT2D eigenvalue weighted by Gasteiger charge is -2.17. The molecule has 0 bridgehead atoms. The van der Waals surface area contributed by atoms with Crippen molar-refractivity contribution in [3.05, 3.63) is 99.9 Å². The van der Waals surface area contributed by atoms with Crippen LogP contribution in [0.15, 0.2) is 80.5 Å². The number of hydrogen-bond donors (Lipinski definition) is 0. The molecule has 36 heavy (non-hydrogen) atoms. The lowest BCUT2D eigenvalue weighted by Crippen LogP contribution is -2.29. The molecule has 0 unspecified atom stereocenters. The van der Waals surface area contributed by atoms with Crippen LogP contribution in [0.1, 0.15) is 29.0 Å². The van der Waals surface area contributed by atoms with Crippen LogP contribution in [0.4, 0.5) is 0 Å². The van der Waals surface area contributed by atoms with E-state index in [4.69, 9.17) is 8.83 Å². The maximum atomic E-state index is 12.8. The predicted molar refractivity (Wildman–Crippen MR) is 141 cm³/mol. The molecule has 3 aromatic heterocycles. The molecule has 0 aliphatic rings. The Morgan fingerprint density at radius 3 is 2.42 bits per heavy atom. The number of fused-ring (bicyclic) bond motifs is 2. The molecule has 3 heterocycles. The summed E-state index contributed by atoms with van der Waals surface area (Å²) >= 11 is 0. The molecular formula is C30H28N2O4. The van der Waals surface area contributed by atoms with Crippen LogP contribution in [-0.4, -0.2) is 29.4 Å². The number of amides is 1. The Kier molecular flexibility index (Phi) is 6.42. The summed E-state index contributed by atoms with van der Waals surface area (Å²) in [7, 11) is 1.78. The van der Waals surface area contributed by atoms with Gasteiger partial charge < -0.3 is 13.7 Å². The van der Waals surface area contributed by atoms with Crippen LogP contribution in [0.3, 0.4) is 0 Å². The molecule has 0 N–H and O–H groups in total. The quantitative estimate of drug-likeness (QED) is 0.273. The van der Waals surface area contributed by atoms with Crippen molar-refractivity contribution in [1.29, 1.82) is 0 Å². The molecule has 0 aliphatic carbocycles. The summed E-state index contributed by atoms with van der Waals surface area (Å²) in [6, 6.07) is 19.7. The third-order valence-corrected chi connectivity index (χ3v) is 6.78. The number of nitrogens with zero attached hydrogens (tertiary/aromatic N) is 2. The van der Waals surface area contributed by atoms with Crippen molar-refractivity contribution in [2.45, 2.75) is 33.1 Å². The van der Waals surface area contributed by atoms with E-state index in [0.29, 0.717) is 36.1 Å². The van der Waals surface area contributed by atoms with Crippen LogP contribution in [0.5, 0.6) is 0 Å². The maximum absolute atomic E-state index is 12.8. The average molecular weight is 481 g/mol. The summed E-state index contributed by atoms with van der Waals surface area (Å²) in [5, 5.41) is 1.82. The molecule has 0 aliphatic heterocycles. The van der Waals surface area contributed by atoms with Crippen molar-refractivity contribution >= 4 is 27.8 Å². The van der Waals surface area contributed by atoms with Crippen molar-refractivity contribution in [2.75, 3.05) is 13.6 Å². The monoisotopic (exact) mass is 480 g/mol. The SMILES string of the molecule is Cc1oc2cc3oc(=O)c(CCC(=O)N(C)CCc4ccccn4)c(C)c3cc2c1-c1ccccc1. The number of furan rings is 1. The number of aromatic nitrogens is 1. The molecule has 0 fully saturated rings. The number of carbonyl (C=O) groups excluding carboxylic acids is 1. The van der Waals surface area contributed by atoms with Crippen LogP contribution in [0.25, 0.3) is 33.1 Å². The number of rotatable bonds is 7. The van der Waals surface area contributed by atoms with Crippen molar-refractivity contribution in [1.82, 2.24) is 9.88 Å². The number of carbonyl (C=O) groups is 1. The fourth-order valence-corrected chi connectivity index (χ4v) is 4.73. The minimum Gasteiger partial charge on any atom is -0.461 e. The van der Waals surface area contributed by atoms with Crippen LogP contribution in [-0.2, 0) is 17.6 Å². The molecule has 2 aromatic carbocycles. The fraction of sp³-hybridized carbons (Fsp3) is 0.233. The molecule has 0 atom stereocenters. The molecule has 182 valence electrons. The van der Waals surface area contributed by atoms with E-state index >= 15 is 0 Å². The van der Waals surface area contributed by atoms with Gasteiger partial charge in [-0.25, -0.2) is 4.79 Å². The first kappa shape index (κ1) is 23.5. The third-order valence-electron chi connectivity index (χ3n) is 6.78. The van der Waals surface area contributed by atoms with Gasteiger partial charge >= 0.3 is 5.63 Å². The van der Waals surface area contributed by atoms with E-state index < -0.39 is 5.63 Å². The zero-order chi connectivity index (χ0) is 25.2. The Morgan fingerprint density at radius 2 is 1.67 bits per heavy atom. The summed E-state index contributed by atoms with van der Waals surface area (Å²) in [6.07, 6.45) is 2.99. The highest BCUT2D eigenvalue weighted by molar-refractivity contribution is 6.03. The van der Waals surface area contributed by atoms with Gasteiger partial charge in [0.25, 0.3) is 0 Å². The highest BCUT2D eigenvalue weighted by Crippen LogP contribution is 2.37. The summed E-state index contributed by atoms with van der Waals surface area (Å²) < 4.78 is 11.7. The first-order valence-corrected chi connectivity index (χ1v) is 12.1. The Morgan fingerprint density at radius 1 is 0.917 bits per heavy atom. The lowest BCUT2D eigenvalue weighted by atomic mass is 9.98. The second-order valence-corrected chi connectivity index (χ2v) is 9.12. The number of hydrogen-bond acceptors (Lipinski definition) is 5. The third kappa shape index (κ3) is 4.54. The Hall–Kier alpha value is -4.19. The molecular weight excluding hydrogens is 452 g/mol. The van der Waals surface area contributed by atoms with Crippen molar-refractivity contribution in [3.8, 4) is 11.1 Å². The number of aryl methyl sites for hydroxylation is 2. The van der Waals surface area contributed by atoms with E-state index in [0.717, 1.165) is 38.9 Å². The van der Waals surface area contributed by atoms with E-state index in [1.165, 1.54) is 0 Å². The molecule has 0 saturated carbocycles. The van der Waals surface area contributed by atoms with Crippen LogP contribution < -0.4 is 5.63 Å². The molecule has 1 amide bonds. The molecule has 5 aromatic rings. The molecule has 0 radical (unpaired) electrons. The predicted octanol–water partition coefficient (Wildman–Crippen LogP) is 5.85. The number of likely N-dealkylation sites (N-methyl/N-ethyl adjacent to an activating group) is 1. The first-order chi connectivity index (χ1) is 17.4. The normalized spacial score (nSPS) is 11.3. The Labute approximate surface area is 209 Å². The first-order valence-electron chi connectivity index (χ1n) is 12.1. The average Bonchev–Trinajstić information content (AvgIpc) is 3.21.